The topological polar surface area (TPSA) is 89.0 Å². The standard InChI is InChI=1S/C28H28N2O5/c1-3-15-35-22-12-10-20(11-13-22)26(31)24-25(21-8-5-9-23(16-21)34-4-2)30(28(33)27(24)32)18-19-7-6-14-29-17-19/h5-14,16-17,25,31H,3-4,15,18H2,1-2H3. The highest BCUT2D eigenvalue weighted by Crippen LogP contribution is 2.41. The summed E-state index contributed by atoms with van der Waals surface area (Å²) in [6.07, 6.45) is 4.18. The van der Waals surface area contributed by atoms with Crippen molar-refractivity contribution in [3.63, 3.8) is 0 Å². The van der Waals surface area contributed by atoms with Crippen LogP contribution in [0.4, 0.5) is 0 Å². The lowest BCUT2D eigenvalue weighted by Gasteiger charge is -2.25. The first-order valence-electron chi connectivity index (χ1n) is 11.7. The van der Waals surface area contributed by atoms with Crippen LogP contribution < -0.4 is 9.47 Å². The number of carbonyl (C=O) groups excluding carboxylic acids is 2. The van der Waals surface area contributed by atoms with Gasteiger partial charge in [0.1, 0.15) is 17.3 Å². The van der Waals surface area contributed by atoms with Crippen molar-refractivity contribution in [2.45, 2.75) is 32.9 Å². The summed E-state index contributed by atoms with van der Waals surface area (Å²) in [5.74, 6) is -0.351. The molecule has 1 aliphatic heterocycles. The summed E-state index contributed by atoms with van der Waals surface area (Å²) in [5, 5.41) is 11.3. The number of aliphatic hydroxyl groups is 1. The Labute approximate surface area is 204 Å². The summed E-state index contributed by atoms with van der Waals surface area (Å²) in [4.78, 5) is 32.0. The number of hydrogen-bond acceptors (Lipinski definition) is 6. The van der Waals surface area contributed by atoms with Crippen molar-refractivity contribution < 1.29 is 24.2 Å². The molecule has 3 aromatic rings. The first-order chi connectivity index (χ1) is 17.0. The number of aliphatic hydroxyl groups excluding tert-OH is 1. The fourth-order valence-corrected chi connectivity index (χ4v) is 4.10. The number of nitrogens with zero attached hydrogens (tertiary/aromatic N) is 2. The molecule has 2 aromatic carbocycles. The second kappa shape index (κ2) is 10.9. The highest BCUT2D eigenvalue weighted by Gasteiger charge is 2.46. The van der Waals surface area contributed by atoms with E-state index in [9.17, 15) is 14.7 Å². The van der Waals surface area contributed by atoms with Crippen molar-refractivity contribution >= 4 is 17.4 Å². The Balaban J connectivity index is 1.79. The number of Topliss-reactive ketones (excluding diaryl/α,β-unsaturated/α-hetero) is 1. The Hall–Kier alpha value is -4.13. The zero-order valence-electron chi connectivity index (χ0n) is 19.8. The Morgan fingerprint density at radius 1 is 1.00 bits per heavy atom. The second-order valence-electron chi connectivity index (χ2n) is 8.17. The Bertz CT molecular complexity index is 1220. The molecule has 1 aromatic heterocycles. The quantitative estimate of drug-likeness (QED) is 0.271. The number of aromatic nitrogens is 1. The molecule has 180 valence electrons. The first-order valence-corrected chi connectivity index (χ1v) is 11.7. The van der Waals surface area contributed by atoms with Crippen LogP contribution in [-0.4, -0.2) is 39.9 Å². The molecule has 1 amide bonds. The lowest BCUT2D eigenvalue weighted by Crippen LogP contribution is -2.29. The number of ketones is 1. The molecular weight excluding hydrogens is 444 g/mol. The van der Waals surface area contributed by atoms with Crippen LogP contribution in [0.5, 0.6) is 11.5 Å². The minimum atomic E-state index is -0.786. The van der Waals surface area contributed by atoms with Gasteiger partial charge < -0.3 is 19.5 Å². The second-order valence-corrected chi connectivity index (χ2v) is 8.17. The van der Waals surface area contributed by atoms with Crippen molar-refractivity contribution in [2.24, 2.45) is 0 Å². The highest BCUT2D eigenvalue weighted by atomic mass is 16.5. The number of likely N-dealkylation sites (tertiary alicyclic amines) is 1. The van der Waals surface area contributed by atoms with Crippen molar-refractivity contribution in [2.75, 3.05) is 13.2 Å². The summed E-state index contributed by atoms with van der Waals surface area (Å²) >= 11 is 0. The molecule has 7 heteroatoms. The van der Waals surface area contributed by atoms with Gasteiger partial charge in [-0.1, -0.05) is 25.1 Å². The third-order valence-corrected chi connectivity index (χ3v) is 5.70. The normalized spacial score (nSPS) is 17.0. The summed E-state index contributed by atoms with van der Waals surface area (Å²) in [6.45, 7) is 5.13. The summed E-state index contributed by atoms with van der Waals surface area (Å²) in [5.41, 5.74) is 1.91. The number of hydrogen-bond donors (Lipinski definition) is 1. The fourth-order valence-electron chi connectivity index (χ4n) is 4.10. The van der Waals surface area contributed by atoms with Gasteiger partial charge in [-0.25, -0.2) is 0 Å². The molecule has 2 heterocycles. The van der Waals surface area contributed by atoms with Gasteiger partial charge in [-0.2, -0.15) is 0 Å². The maximum Gasteiger partial charge on any atom is 0.295 e. The Kier molecular flexibility index (Phi) is 7.45. The number of carbonyl (C=O) groups is 2. The average molecular weight is 473 g/mol. The summed E-state index contributed by atoms with van der Waals surface area (Å²) in [7, 11) is 0. The van der Waals surface area contributed by atoms with Crippen LogP contribution in [0.1, 0.15) is 43.0 Å². The number of ether oxygens (including phenoxy) is 2. The van der Waals surface area contributed by atoms with Crippen LogP contribution in [0.2, 0.25) is 0 Å². The predicted molar refractivity (Wildman–Crippen MR) is 132 cm³/mol. The molecule has 1 fully saturated rings. The number of benzene rings is 2. The Morgan fingerprint density at radius 2 is 1.80 bits per heavy atom. The molecule has 0 radical (unpaired) electrons. The van der Waals surface area contributed by atoms with E-state index in [1.54, 1.807) is 48.8 Å². The highest BCUT2D eigenvalue weighted by molar-refractivity contribution is 6.46. The molecule has 1 aliphatic rings. The van der Waals surface area contributed by atoms with Crippen molar-refractivity contribution in [3.8, 4) is 11.5 Å². The fraction of sp³-hybridized carbons (Fsp3) is 0.250. The van der Waals surface area contributed by atoms with E-state index >= 15 is 0 Å². The average Bonchev–Trinajstić information content (AvgIpc) is 3.13. The van der Waals surface area contributed by atoms with Crippen LogP contribution >= 0.6 is 0 Å². The molecular formula is C28H28N2O5. The van der Waals surface area contributed by atoms with Crippen LogP contribution in [0.25, 0.3) is 5.76 Å². The summed E-state index contributed by atoms with van der Waals surface area (Å²) in [6, 6.07) is 16.9. The maximum absolute atomic E-state index is 13.2. The van der Waals surface area contributed by atoms with Gasteiger partial charge in [0.25, 0.3) is 11.7 Å². The lowest BCUT2D eigenvalue weighted by atomic mass is 9.95. The zero-order chi connectivity index (χ0) is 24.8. The van der Waals surface area contributed by atoms with Gasteiger partial charge in [0.15, 0.2) is 0 Å². The molecule has 1 N–H and O–H groups in total. The predicted octanol–water partition coefficient (Wildman–Crippen LogP) is 4.89. The van der Waals surface area contributed by atoms with Crippen molar-refractivity contribution in [3.05, 3.63) is 95.3 Å². The van der Waals surface area contributed by atoms with Crippen LogP contribution in [-0.2, 0) is 16.1 Å². The molecule has 1 unspecified atom stereocenters. The molecule has 1 atom stereocenters. The van der Waals surface area contributed by atoms with E-state index < -0.39 is 17.7 Å². The molecule has 0 bridgehead atoms. The molecule has 35 heavy (non-hydrogen) atoms. The number of pyridine rings is 1. The van der Waals surface area contributed by atoms with E-state index in [4.69, 9.17) is 9.47 Å². The van der Waals surface area contributed by atoms with E-state index in [-0.39, 0.29) is 17.9 Å². The van der Waals surface area contributed by atoms with Gasteiger partial charge >= 0.3 is 0 Å². The minimum absolute atomic E-state index is 0.0368. The van der Waals surface area contributed by atoms with Crippen molar-refractivity contribution in [1.82, 2.24) is 9.88 Å². The van der Waals surface area contributed by atoms with E-state index in [1.807, 2.05) is 38.1 Å². The van der Waals surface area contributed by atoms with Gasteiger partial charge in [0.2, 0.25) is 0 Å². The number of amides is 1. The van der Waals surface area contributed by atoms with Crippen LogP contribution in [0, 0.1) is 0 Å². The molecule has 0 aliphatic carbocycles. The number of rotatable bonds is 9. The molecule has 1 saturated heterocycles. The lowest BCUT2D eigenvalue weighted by molar-refractivity contribution is -0.140. The zero-order valence-corrected chi connectivity index (χ0v) is 19.8. The van der Waals surface area contributed by atoms with Crippen molar-refractivity contribution in [1.29, 1.82) is 0 Å². The van der Waals surface area contributed by atoms with Gasteiger partial charge in [-0.3, -0.25) is 14.6 Å². The summed E-state index contributed by atoms with van der Waals surface area (Å²) < 4.78 is 11.3. The maximum atomic E-state index is 13.2. The smallest absolute Gasteiger partial charge is 0.295 e. The van der Waals surface area contributed by atoms with Crippen LogP contribution in [0.15, 0.2) is 78.6 Å². The third-order valence-electron chi connectivity index (χ3n) is 5.70. The van der Waals surface area contributed by atoms with Gasteiger partial charge in [-0.15, -0.1) is 0 Å². The van der Waals surface area contributed by atoms with E-state index in [1.165, 1.54) is 4.90 Å². The van der Waals surface area contributed by atoms with Gasteiger partial charge in [-0.05, 0) is 66.9 Å². The Morgan fingerprint density at radius 3 is 2.49 bits per heavy atom. The monoisotopic (exact) mass is 472 g/mol. The first kappa shape index (κ1) is 24.0. The largest absolute Gasteiger partial charge is 0.507 e. The van der Waals surface area contributed by atoms with Crippen LogP contribution in [0.3, 0.4) is 0 Å². The molecule has 0 spiro atoms. The minimum Gasteiger partial charge on any atom is -0.507 e. The van der Waals surface area contributed by atoms with Gasteiger partial charge in [0, 0.05) is 24.5 Å². The molecule has 7 nitrogen and oxygen atoms in total. The SMILES string of the molecule is CCCOc1ccc(C(O)=C2C(=O)C(=O)N(Cc3cccnc3)C2c2cccc(OCC)c2)cc1. The van der Waals surface area contributed by atoms with E-state index in [0.717, 1.165) is 12.0 Å². The van der Waals surface area contributed by atoms with E-state index in [2.05, 4.69) is 4.98 Å². The molecule has 0 saturated carbocycles. The van der Waals surface area contributed by atoms with E-state index in [0.29, 0.717) is 35.8 Å². The van der Waals surface area contributed by atoms with Gasteiger partial charge in [0.05, 0.1) is 24.8 Å². The molecule has 4 rings (SSSR count). The third kappa shape index (κ3) is 5.19.